The third-order valence-corrected chi connectivity index (χ3v) is 5.34. The highest BCUT2D eigenvalue weighted by Crippen LogP contribution is 2.20. The number of likely N-dealkylation sites (tertiary alicyclic amines) is 1. The highest BCUT2D eigenvalue weighted by Gasteiger charge is 2.18. The minimum atomic E-state index is 0.119. The third-order valence-electron chi connectivity index (χ3n) is 5.34. The van der Waals surface area contributed by atoms with Crippen LogP contribution in [0.2, 0.25) is 0 Å². The Morgan fingerprint density at radius 2 is 1.88 bits per heavy atom. The van der Waals surface area contributed by atoms with Crippen LogP contribution in [0.25, 0.3) is 0 Å². The first kappa shape index (κ1) is 18.4. The lowest BCUT2D eigenvalue weighted by molar-refractivity contribution is -0.116. The topological polar surface area (TPSA) is 44.8 Å². The average molecular weight is 345 g/mol. The Morgan fingerprint density at radius 1 is 1.16 bits per heavy atom. The number of nitrogens with one attached hydrogen (secondary N) is 1. The Labute approximate surface area is 151 Å². The van der Waals surface area contributed by atoms with Gasteiger partial charge in [0.1, 0.15) is 0 Å². The quantitative estimate of drug-likeness (QED) is 0.825. The highest BCUT2D eigenvalue weighted by atomic mass is 16.5. The number of amides is 1. The Bertz CT molecular complexity index is 552. The summed E-state index contributed by atoms with van der Waals surface area (Å²) >= 11 is 0. The molecule has 1 aromatic rings. The Balaban J connectivity index is 1.48. The van der Waals surface area contributed by atoms with Crippen LogP contribution in [0.15, 0.2) is 24.3 Å². The van der Waals surface area contributed by atoms with E-state index < -0.39 is 0 Å². The van der Waals surface area contributed by atoms with Gasteiger partial charge in [-0.1, -0.05) is 18.2 Å². The van der Waals surface area contributed by atoms with Gasteiger partial charge < -0.3 is 10.1 Å². The number of morpholine rings is 1. The van der Waals surface area contributed by atoms with Crippen LogP contribution in [-0.2, 0) is 16.1 Å². The summed E-state index contributed by atoms with van der Waals surface area (Å²) in [6.45, 7) is 9.03. The second kappa shape index (κ2) is 9.32. The zero-order chi connectivity index (χ0) is 17.5. The van der Waals surface area contributed by atoms with Crippen LogP contribution in [0.5, 0.6) is 0 Å². The molecule has 2 aliphatic heterocycles. The van der Waals surface area contributed by atoms with Crippen LogP contribution in [0.4, 0.5) is 5.69 Å². The van der Waals surface area contributed by atoms with Crippen molar-refractivity contribution in [1.29, 1.82) is 0 Å². The van der Waals surface area contributed by atoms with Gasteiger partial charge in [-0.2, -0.15) is 0 Å². The number of nitrogens with zero attached hydrogens (tertiary/aromatic N) is 2. The number of hydrogen-bond acceptors (Lipinski definition) is 4. The van der Waals surface area contributed by atoms with Crippen molar-refractivity contribution in [2.45, 2.75) is 45.2 Å². The fourth-order valence-electron chi connectivity index (χ4n) is 3.72. The van der Waals surface area contributed by atoms with E-state index in [0.29, 0.717) is 12.5 Å². The molecule has 0 bridgehead atoms. The van der Waals surface area contributed by atoms with Crippen molar-refractivity contribution in [2.24, 2.45) is 0 Å². The number of para-hydroxylation sites is 1. The van der Waals surface area contributed by atoms with E-state index in [4.69, 9.17) is 4.74 Å². The predicted molar refractivity (Wildman–Crippen MR) is 101 cm³/mol. The molecule has 1 N–H and O–H groups in total. The van der Waals surface area contributed by atoms with Gasteiger partial charge >= 0.3 is 0 Å². The smallest absolute Gasteiger partial charge is 0.224 e. The summed E-state index contributed by atoms with van der Waals surface area (Å²) in [6.07, 6.45) is 4.03. The molecule has 0 spiro atoms. The summed E-state index contributed by atoms with van der Waals surface area (Å²) in [5.74, 6) is 0.119. The minimum absolute atomic E-state index is 0.119. The van der Waals surface area contributed by atoms with Crippen LogP contribution < -0.4 is 5.32 Å². The lowest BCUT2D eigenvalue weighted by Crippen LogP contribution is -2.42. The van der Waals surface area contributed by atoms with Gasteiger partial charge in [-0.25, -0.2) is 0 Å². The number of rotatable bonds is 7. The van der Waals surface area contributed by atoms with Gasteiger partial charge in [-0.15, -0.1) is 0 Å². The number of benzene rings is 1. The Morgan fingerprint density at radius 3 is 2.64 bits per heavy atom. The monoisotopic (exact) mass is 345 g/mol. The van der Waals surface area contributed by atoms with Crippen molar-refractivity contribution in [2.75, 3.05) is 44.7 Å². The standard InChI is InChI=1S/C20H31N3O2/c1-17(23-12-14-25-15-13-23)8-9-20(24)21-19-7-3-2-6-18(19)16-22-10-4-5-11-22/h2-3,6-7,17H,4-5,8-16H2,1H3,(H,21,24). The molecule has 5 heteroatoms. The minimum Gasteiger partial charge on any atom is -0.379 e. The number of carbonyl (C=O) groups excluding carboxylic acids is 1. The van der Waals surface area contributed by atoms with Gasteiger partial charge in [0.2, 0.25) is 5.91 Å². The SMILES string of the molecule is CC(CCC(=O)Nc1ccccc1CN1CCCC1)N1CCOCC1. The summed E-state index contributed by atoms with van der Waals surface area (Å²) < 4.78 is 5.40. The molecule has 2 aliphatic rings. The molecule has 1 unspecified atom stereocenters. The number of hydrogen-bond donors (Lipinski definition) is 1. The Kier molecular flexibility index (Phi) is 6.84. The fraction of sp³-hybridized carbons (Fsp3) is 0.650. The fourth-order valence-corrected chi connectivity index (χ4v) is 3.72. The molecule has 2 heterocycles. The van der Waals surface area contributed by atoms with E-state index >= 15 is 0 Å². The van der Waals surface area contributed by atoms with Gasteiger partial charge in [0, 0.05) is 37.8 Å². The molecule has 25 heavy (non-hydrogen) atoms. The first-order valence-corrected chi connectivity index (χ1v) is 9.64. The normalized spacial score (nSPS) is 20.5. The van der Waals surface area contributed by atoms with Gasteiger partial charge in [0.25, 0.3) is 0 Å². The van der Waals surface area contributed by atoms with Crippen molar-refractivity contribution in [3.8, 4) is 0 Å². The van der Waals surface area contributed by atoms with Crippen LogP contribution in [0, 0.1) is 0 Å². The van der Waals surface area contributed by atoms with Gasteiger partial charge in [-0.3, -0.25) is 14.6 Å². The molecule has 0 saturated carbocycles. The second-order valence-corrected chi connectivity index (χ2v) is 7.22. The molecule has 1 amide bonds. The van der Waals surface area contributed by atoms with E-state index in [-0.39, 0.29) is 5.91 Å². The van der Waals surface area contributed by atoms with Gasteiger partial charge in [0.05, 0.1) is 13.2 Å². The lowest BCUT2D eigenvalue weighted by Gasteiger charge is -2.32. The summed E-state index contributed by atoms with van der Waals surface area (Å²) in [4.78, 5) is 17.3. The first-order valence-electron chi connectivity index (χ1n) is 9.64. The molecule has 138 valence electrons. The zero-order valence-corrected chi connectivity index (χ0v) is 15.4. The molecule has 2 fully saturated rings. The van der Waals surface area contributed by atoms with Gasteiger partial charge in [0.15, 0.2) is 0 Å². The maximum atomic E-state index is 12.4. The molecule has 0 radical (unpaired) electrons. The molecular weight excluding hydrogens is 314 g/mol. The van der Waals surface area contributed by atoms with Crippen molar-refractivity contribution in [1.82, 2.24) is 9.80 Å². The van der Waals surface area contributed by atoms with Crippen molar-refractivity contribution < 1.29 is 9.53 Å². The maximum absolute atomic E-state index is 12.4. The van der Waals surface area contributed by atoms with Crippen LogP contribution in [0.1, 0.15) is 38.2 Å². The summed E-state index contributed by atoms with van der Waals surface area (Å²) in [5.41, 5.74) is 2.19. The molecule has 3 rings (SSSR count). The molecule has 5 nitrogen and oxygen atoms in total. The van der Waals surface area contributed by atoms with Crippen molar-refractivity contribution >= 4 is 11.6 Å². The largest absolute Gasteiger partial charge is 0.379 e. The number of anilines is 1. The molecule has 2 saturated heterocycles. The number of ether oxygens (including phenoxy) is 1. The molecular formula is C20H31N3O2. The molecule has 1 atom stereocenters. The van der Waals surface area contributed by atoms with E-state index in [1.54, 1.807) is 0 Å². The zero-order valence-electron chi connectivity index (χ0n) is 15.4. The number of carbonyl (C=O) groups is 1. The van der Waals surface area contributed by atoms with E-state index in [9.17, 15) is 4.79 Å². The van der Waals surface area contributed by atoms with Crippen molar-refractivity contribution in [3.63, 3.8) is 0 Å². The molecule has 0 aromatic heterocycles. The summed E-state index contributed by atoms with van der Waals surface area (Å²) in [5, 5.41) is 3.13. The maximum Gasteiger partial charge on any atom is 0.224 e. The Hall–Kier alpha value is -1.43. The van der Waals surface area contributed by atoms with Crippen LogP contribution in [-0.4, -0.2) is 61.1 Å². The van der Waals surface area contributed by atoms with E-state index in [1.165, 1.54) is 31.5 Å². The van der Waals surface area contributed by atoms with E-state index in [0.717, 1.165) is 45.0 Å². The highest BCUT2D eigenvalue weighted by molar-refractivity contribution is 5.91. The third kappa shape index (κ3) is 5.53. The average Bonchev–Trinajstić information content (AvgIpc) is 3.15. The second-order valence-electron chi connectivity index (χ2n) is 7.22. The first-order chi connectivity index (χ1) is 12.2. The summed E-state index contributed by atoms with van der Waals surface area (Å²) in [6, 6.07) is 8.63. The van der Waals surface area contributed by atoms with Crippen molar-refractivity contribution in [3.05, 3.63) is 29.8 Å². The summed E-state index contributed by atoms with van der Waals surface area (Å²) in [7, 11) is 0. The van der Waals surface area contributed by atoms with Gasteiger partial charge in [-0.05, 0) is 50.9 Å². The molecule has 0 aliphatic carbocycles. The van der Waals surface area contributed by atoms with E-state index in [1.807, 2.05) is 12.1 Å². The molecule has 1 aromatic carbocycles. The van der Waals surface area contributed by atoms with Crippen LogP contribution >= 0.6 is 0 Å². The van der Waals surface area contributed by atoms with Crippen LogP contribution in [0.3, 0.4) is 0 Å². The lowest BCUT2D eigenvalue weighted by atomic mass is 10.1. The van der Waals surface area contributed by atoms with E-state index in [2.05, 4.69) is 34.2 Å². The predicted octanol–water partition coefficient (Wildman–Crippen LogP) is 2.72.